The van der Waals surface area contributed by atoms with Gasteiger partial charge in [-0.25, -0.2) is 0 Å². The number of ether oxygens (including phenoxy) is 1. The highest BCUT2D eigenvalue weighted by atomic mass is 35.5. The number of aldehydes is 1. The number of carbonyl (C=O) groups excluding carboxylic acids is 2. The molecular weight excluding hydrogens is 426 g/mol. The third-order valence-electron chi connectivity index (χ3n) is 4.81. The summed E-state index contributed by atoms with van der Waals surface area (Å²) in [7, 11) is 1.60. The number of nitrogens with zero attached hydrogens (tertiary/aromatic N) is 1. The number of hydrogen-bond acceptors (Lipinski definition) is 5. The summed E-state index contributed by atoms with van der Waals surface area (Å²) < 4.78 is 6.13. The molecule has 4 rings (SSSR count). The van der Waals surface area contributed by atoms with Crippen LogP contribution >= 0.6 is 35.1 Å². The Bertz CT molecular complexity index is 994. The Labute approximate surface area is 182 Å². The van der Waals surface area contributed by atoms with Crippen molar-refractivity contribution in [1.82, 2.24) is 0 Å². The van der Waals surface area contributed by atoms with E-state index in [1.54, 1.807) is 47.7 Å². The molecule has 0 saturated carbocycles. The van der Waals surface area contributed by atoms with E-state index in [9.17, 15) is 9.59 Å². The number of amides is 1. The van der Waals surface area contributed by atoms with Gasteiger partial charge in [-0.2, -0.15) is 0 Å². The minimum absolute atomic E-state index is 0.198. The summed E-state index contributed by atoms with van der Waals surface area (Å²) in [6.45, 7) is 0. The van der Waals surface area contributed by atoms with Crippen LogP contribution in [0.1, 0.15) is 11.6 Å². The van der Waals surface area contributed by atoms with Crippen molar-refractivity contribution in [3.8, 4) is 5.75 Å². The van der Waals surface area contributed by atoms with Crippen molar-refractivity contribution in [3.05, 3.63) is 80.6 Å². The van der Waals surface area contributed by atoms with Gasteiger partial charge in [0.05, 0.1) is 28.0 Å². The summed E-state index contributed by atoms with van der Waals surface area (Å²) in [4.78, 5) is 27.5. The molecule has 4 nitrogen and oxygen atoms in total. The van der Waals surface area contributed by atoms with Crippen LogP contribution in [0.4, 0.5) is 5.69 Å². The number of carbonyl (C=O) groups is 2. The first-order valence-corrected chi connectivity index (χ1v) is 11.4. The predicted octanol–water partition coefficient (Wildman–Crippen LogP) is 5.17. The first-order chi connectivity index (χ1) is 14.2. The molecule has 0 spiro atoms. The minimum atomic E-state index is -0.595. The molecule has 148 valence electrons. The zero-order valence-electron chi connectivity index (χ0n) is 15.6. The van der Waals surface area contributed by atoms with Gasteiger partial charge in [-0.05, 0) is 29.8 Å². The molecule has 1 amide bonds. The lowest BCUT2D eigenvalue weighted by molar-refractivity contribution is -0.115. The molecule has 0 N–H and O–H groups in total. The van der Waals surface area contributed by atoms with E-state index in [1.165, 1.54) is 0 Å². The fraction of sp³-hybridized carbons (Fsp3) is 0.182. The Kier molecular flexibility index (Phi) is 6.04. The average molecular weight is 444 g/mol. The van der Waals surface area contributed by atoms with Gasteiger partial charge < -0.3 is 4.74 Å². The number of benzene rings is 2. The van der Waals surface area contributed by atoms with Crippen molar-refractivity contribution < 1.29 is 14.3 Å². The number of thioether (sulfide) groups is 2. The van der Waals surface area contributed by atoms with Crippen LogP contribution < -0.4 is 9.64 Å². The third-order valence-corrected chi connectivity index (χ3v) is 7.93. The largest absolute Gasteiger partial charge is 0.497 e. The third kappa shape index (κ3) is 3.72. The van der Waals surface area contributed by atoms with Crippen LogP contribution in [0.3, 0.4) is 0 Å². The average Bonchev–Trinajstić information content (AvgIpc) is 3.28. The molecule has 0 radical (unpaired) electrons. The Hall–Kier alpha value is -2.15. The molecule has 1 atom stereocenters. The van der Waals surface area contributed by atoms with Gasteiger partial charge in [0.2, 0.25) is 0 Å². The van der Waals surface area contributed by atoms with E-state index >= 15 is 0 Å². The molecule has 7 heteroatoms. The molecule has 2 aromatic rings. The Morgan fingerprint density at radius 3 is 2.31 bits per heavy atom. The molecule has 1 fully saturated rings. The van der Waals surface area contributed by atoms with E-state index in [-0.39, 0.29) is 10.9 Å². The van der Waals surface area contributed by atoms with Crippen LogP contribution in [0.2, 0.25) is 0 Å². The van der Waals surface area contributed by atoms with Crippen LogP contribution in [0.25, 0.3) is 0 Å². The summed E-state index contributed by atoms with van der Waals surface area (Å²) >= 11 is 9.88. The van der Waals surface area contributed by atoms with Gasteiger partial charge in [0.15, 0.2) is 0 Å². The van der Waals surface area contributed by atoms with Crippen molar-refractivity contribution in [2.45, 2.75) is 6.04 Å². The Balaban J connectivity index is 1.94. The second-order valence-electron chi connectivity index (χ2n) is 6.43. The molecule has 2 aromatic carbocycles. The van der Waals surface area contributed by atoms with Crippen molar-refractivity contribution in [2.75, 3.05) is 23.5 Å². The second kappa shape index (κ2) is 8.69. The lowest BCUT2D eigenvalue weighted by Gasteiger charge is -2.37. The van der Waals surface area contributed by atoms with Crippen LogP contribution in [-0.2, 0) is 9.59 Å². The molecular formula is C22H18ClNO3S2. The second-order valence-corrected chi connectivity index (χ2v) is 9.28. The number of anilines is 1. The summed E-state index contributed by atoms with van der Waals surface area (Å²) in [5.74, 6) is 2.33. The smallest absolute Gasteiger partial charge is 0.262 e. The molecule has 1 unspecified atom stereocenters. The van der Waals surface area contributed by atoms with Gasteiger partial charge in [0.1, 0.15) is 12.0 Å². The number of hydrogen-bond donors (Lipinski definition) is 0. The molecule has 0 aromatic heterocycles. The molecule has 0 aliphatic carbocycles. The summed E-state index contributed by atoms with van der Waals surface area (Å²) in [6.07, 6.45) is 0.772. The highest BCUT2D eigenvalue weighted by Crippen LogP contribution is 2.48. The standard InChI is InChI=1S/C22H18ClNO3S2/c1-27-16-9-7-15(8-10-16)24-20(14-5-3-2-4-6-14)17(13-25)19(23)18(21(24)26)22-28-11-12-29-22/h2-10,13,20H,11-12H2,1H3. The molecule has 2 heterocycles. The maximum Gasteiger partial charge on any atom is 0.262 e. The SMILES string of the molecule is COc1ccc(N2C(=O)C(=C3SCCS3)C(Cl)=C(C=O)C2c2ccccc2)cc1. The van der Waals surface area contributed by atoms with E-state index in [0.717, 1.165) is 27.6 Å². The van der Waals surface area contributed by atoms with E-state index in [0.29, 0.717) is 22.6 Å². The van der Waals surface area contributed by atoms with Crippen LogP contribution in [-0.4, -0.2) is 30.8 Å². The molecule has 0 bridgehead atoms. The van der Waals surface area contributed by atoms with Crippen molar-refractivity contribution in [2.24, 2.45) is 0 Å². The van der Waals surface area contributed by atoms with Crippen LogP contribution in [0, 0.1) is 0 Å². The quantitative estimate of drug-likeness (QED) is 0.482. The first kappa shape index (κ1) is 20.1. The molecule has 2 aliphatic heterocycles. The van der Waals surface area contributed by atoms with Crippen molar-refractivity contribution in [1.29, 1.82) is 0 Å². The normalized spacial score (nSPS) is 19.7. The fourth-order valence-electron chi connectivity index (χ4n) is 3.46. The topological polar surface area (TPSA) is 46.6 Å². The summed E-state index contributed by atoms with van der Waals surface area (Å²) in [5.41, 5.74) is 2.32. The highest BCUT2D eigenvalue weighted by Gasteiger charge is 2.41. The highest BCUT2D eigenvalue weighted by molar-refractivity contribution is 8.25. The van der Waals surface area contributed by atoms with Gasteiger partial charge in [-0.1, -0.05) is 41.9 Å². The summed E-state index contributed by atoms with van der Waals surface area (Å²) in [6, 6.07) is 16.1. The Morgan fingerprint density at radius 2 is 1.72 bits per heavy atom. The molecule has 1 saturated heterocycles. The van der Waals surface area contributed by atoms with Crippen molar-refractivity contribution in [3.63, 3.8) is 0 Å². The number of halogens is 1. The molecule has 2 aliphatic rings. The van der Waals surface area contributed by atoms with Gasteiger partial charge >= 0.3 is 0 Å². The first-order valence-electron chi connectivity index (χ1n) is 9.03. The van der Waals surface area contributed by atoms with Gasteiger partial charge in [-0.15, -0.1) is 23.5 Å². The van der Waals surface area contributed by atoms with E-state index in [4.69, 9.17) is 16.3 Å². The maximum atomic E-state index is 13.7. The van der Waals surface area contributed by atoms with E-state index in [1.807, 2.05) is 42.5 Å². The fourth-order valence-corrected chi connectivity index (χ4v) is 6.43. The zero-order chi connectivity index (χ0) is 20.4. The predicted molar refractivity (Wildman–Crippen MR) is 121 cm³/mol. The lowest BCUT2D eigenvalue weighted by atomic mass is 9.91. The van der Waals surface area contributed by atoms with E-state index < -0.39 is 6.04 Å². The van der Waals surface area contributed by atoms with Crippen LogP contribution in [0.5, 0.6) is 5.75 Å². The lowest BCUT2D eigenvalue weighted by Crippen LogP contribution is -2.41. The minimum Gasteiger partial charge on any atom is -0.497 e. The van der Waals surface area contributed by atoms with Gasteiger partial charge in [0, 0.05) is 22.8 Å². The number of methoxy groups -OCH3 is 1. The number of rotatable bonds is 4. The van der Waals surface area contributed by atoms with Gasteiger partial charge in [-0.3, -0.25) is 14.5 Å². The van der Waals surface area contributed by atoms with Gasteiger partial charge in [0.25, 0.3) is 5.91 Å². The van der Waals surface area contributed by atoms with Crippen molar-refractivity contribution >= 4 is 53.0 Å². The zero-order valence-corrected chi connectivity index (χ0v) is 18.0. The monoisotopic (exact) mass is 443 g/mol. The van der Waals surface area contributed by atoms with Crippen LogP contribution in [0.15, 0.2) is 75.0 Å². The Morgan fingerprint density at radius 1 is 1.07 bits per heavy atom. The molecule has 29 heavy (non-hydrogen) atoms. The summed E-state index contributed by atoms with van der Waals surface area (Å²) in [5, 5.41) is 0.250. The van der Waals surface area contributed by atoms with E-state index in [2.05, 4.69) is 0 Å². The maximum absolute atomic E-state index is 13.7.